The van der Waals surface area contributed by atoms with Gasteiger partial charge in [0.05, 0.1) is 21.6 Å². The second-order valence-corrected chi connectivity index (χ2v) is 5.76. The van der Waals surface area contributed by atoms with Crippen LogP contribution in [0.3, 0.4) is 0 Å². The number of benzene rings is 1. The minimum atomic E-state index is -0.809. The van der Waals surface area contributed by atoms with Crippen LogP contribution in [0.1, 0.15) is 31.9 Å². The third kappa shape index (κ3) is 2.83. The number of hydrogen-bond donors (Lipinski definition) is 0. The number of carbonyl (C=O) groups excluding carboxylic acids is 1. The lowest BCUT2D eigenvalue weighted by Gasteiger charge is -2.07. The summed E-state index contributed by atoms with van der Waals surface area (Å²) in [6.45, 7) is 3.63. The molecule has 2 aromatic rings. The van der Waals surface area contributed by atoms with E-state index in [-0.39, 0.29) is 5.78 Å². The molecule has 3 nitrogen and oxygen atoms in total. The molecule has 1 aromatic heterocycles. The summed E-state index contributed by atoms with van der Waals surface area (Å²) in [4.78, 5) is 17.2. The van der Waals surface area contributed by atoms with Gasteiger partial charge in [-0.2, -0.15) is 5.26 Å². The van der Waals surface area contributed by atoms with Crippen molar-refractivity contribution in [3.8, 4) is 6.07 Å². The molecule has 0 aliphatic carbocycles. The molecule has 1 unspecified atom stereocenters. The standard InChI is InChI=1S/C14H11ClN2OS/c1-8-14(19-9(2)17-8)13(18)12(7-16)10-3-5-11(15)6-4-10/h3-6,12H,1-2H3. The van der Waals surface area contributed by atoms with Crippen molar-refractivity contribution in [1.82, 2.24) is 4.98 Å². The van der Waals surface area contributed by atoms with Crippen LogP contribution < -0.4 is 0 Å². The highest BCUT2D eigenvalue weighted by Gasteiger charge is 2.25. The minimum Gasteiger partial charge on any atom is -0.291 e. The van der Waals surface area contributed by atoms with E-state index in [1.165, 1.54) is 11.3 Å². The number of aromatic nitrogens is 1. The molecule has 5 heteroatoms. The molecule has 1 heterocycles. The Labute approximate surface area is 120 Å². The smallest absolute Gasteiger partial charge is 0.196 e. The maximum atomic E-state index is 12.4. The first kappa shape index (κ1) is 13.7. The summed E-state index contributed by atoms with van der Waals surface area (Å²) in [6.07, 6.45) is 0. The molecule has 0 amide bonds. The van der Waals surface area contributed by atoms with E-state index in [9.17, 15) is 10.1 Å². The van der Waals surface area contributed by atoms with E-state index >= 15 is 0 Å². The first-order valence-electron chi connectivity index (χ1n) is 5.66. The fourth-order valence-electron chi connectivity index (χ4n) is 1.83. The lowest BCUT2D eigenvalue weighted by molar-refractivity contribution is 0.0982. The predicted octanol–water partition coefficient (Wildman–Crippen LogP) is 3.90. The largest absolute Gasteiger partial charge is 0.291 e. The minimum absolute atomic E-state index is 0.201. The molecule has 0 saturated carbocycles. The second-order valence-electron chi connectivity index (χ2n) is 4.13. The van der Waals surface area contributed by atoms with Gasteiger partial charge < -0.3 is 0 Å². The molecule has 0 fully saturated rings. The highest BCUT2D eigenvalue weighted by Crippen LogP contribution is 2.27. The van der Waals surface area contributed by atoms with Crippen molar-refractivity contribution in [2.75, 3.05) is 0 Å². The van der Waals surface area contributed by atoms with Crippen LogP contribution in [0.25, 0.3) is 0 Å². The number of ketones is 1. The third-order valence-electron chi connectivity index (χ3n) is 2.72. The van der Waals surface area contributed by atoms with Gasteiger partial charge in [0.25, 0.3) is 0 Å². The van der Waals surface area contributed by atoms with Crippen molar-refractivity contribution < 1.29 is 4.79 Å². The molecule has 19 heavy (non-hydrogen) atoms. The molecule has 0 aliphatic rings. The summed E-state index contributed by atoms with van der Waals surface area (Å²) in [5.41, 5.74) is 1.34. The van der Waals surface area contributed by atoms with Gasteiger partial charge in [-0.15, -0.1) is 11.3 Å². The lowest BCUT2D eigenvalue weighted by Crippen LogP contribution is -2.11. The molecule has 0 saturated heterocycles. The van der Waals surface area contributed by atoms with E-state index in [1.807, 2.05) is 6.92 Å². The molecule has 0 bridgehead atoms. The Morgan fingerprint density at radius 2 is 2.00 bits per heavy atom. The van der Waals surface area contributed by atoms with Gasteiger partial charge in [-0.1, -0.05) is 23.7 Å². The Morgan fingerprint density at radius 1 is 1.37 bits per heavy atom. The van der Waals surface area contributed by atoms with E-state index in [0.29, 0.717) is 21.2 Å². The van der Waals surface area contributed by atoms with E-state index in [1.54, 1.807) is 31.2 Å². The predicted molar refractivity (Wildman–Crippen MR) is 75.7 cm³/mol. The van der Waals surface area contributed by atoms with Crippen LogP contribution in [-0.4, -0.2) is 10.8 Å². The van der Waals surface area contributed by atoms with Crippen molar-refractivity contribution in [2.24, 2.45) is 0 Å². The summed E-state index contributed by atoms with van der Waals surface area (Å²) >= 11 is 7.14. The number of nitrogens with zero attached hydrogens (tertiary/aromatic N) is 2. The zero-order valence-corrected chi connectivity index (χ0v) is 12.0. The van der Waals surface area contributed by atoms with E-state index in [2.05, 4.69) is 11.1 Å². The second kappa shape index (κ2) is 5.52. The van der Waals surface area contributed by atoms with Crippen molar-refractivity contribution >= 4 is 28.7 Å². The van der Waals surface area contributed by atoms with E-state index in [4.69, 9.17) is 11.6 Å². The summed E-state index contributed by atoms with van der Waals surface area (Å²) in [7, 11) is 0. The van der Waals surface area contributed by atoms with Crippen molar-refractivity contribution in [2.45, 2.75) is 19.8 Å². The SMILES string of the molecule is Cc1nc(C)c(C(=O)C(C#N)c2ccc(Cl)cc2)s1. The molecule has 1 aromatic carbocycles. The van der Waals surface area contributed by atoms with Crippen LogP contribution >= 0.6 is 22.9 Å². The number of nitriles is 1. The molecule has 0 N–H and O–H groups in total. The topological polar surface area (TPSA) is 53.8 Å². The fraction of sp³-hybridized carbons (Fsp3) is 0.214. The monoisotopic (exact) mass is 290 g/mol. The molecule has 96 valence electrons. The Morgan fingerprint density at radius 3 is 2.47 bits per heavy atom. The quantitative estimate of drug-likeness (QED) is 0.806. The number of aryl methyl sites for hydroxylation is 2. The van der Waals surface area contributed by atoms with Crippen LogP contribution in [0.4, 0.5) is 0 Å². The van der Waals surface area contributed by atoms with Crippen LogP contribution in [0, 0.1) is 25.2 Å². The summed E-state index contributed by atoms with van der Waals surface area (Å²) in [5, 5.41) is 10.7. The number of carbonyl (C=O) groups is 1. The maximum Gasteiger partial charge on any atom is 0.196 e. The zero-order chi connectivity index (χ0) is 14.0. The zero-order valence-electron chi connectivity index (χ0n) is 10.5. The van der Waals surface area contributed by atoms with Gasteiger partial charge >= 0.3 is 0 Å². The normalized spacial score (nSPS) is 11.9. The van der Waals surface area contributed by atoms with Crippen LogP contribution in [0.5, 0.6) is 0 Å². The van der Waals surface area contributed by atoms with Gasteiger partial charge in [-0.25, -0.2) is 4.98 Å². The molecule has 0 radical (unpaired) electrons. The lowest BCUT2D eigenvalue weighted by atomic mass is 9.95. The van der Waals surface area contributed by atoms with E-state index in [0.717, 1.165) is 5.01 Å². The Bertz CT molecular complexity index is 655. The maximum absolute atomic E-state index is 12.4. The van der Waals surface area contributed by atoms with Gasteiger partial charge in [0.1, 0.15) is 5.92 Å². The highest BCUT2D eigenvalue weighted by atomic mass is 35.5. The molecule has 1 atom stereocenters. The van der Waals surface area contributed by atoms with Crippen molar-refractivity contribution in [1.29, 1.82) is 5.26 Å². The molecule has 0 aliphatic heterocycles. The Balaban J connectivity index is 2.38. The summed E-state index contributed by atoms with van der Waals surface area (Å²) < 4.78 is 0. The first-order valence-corrected chi connectivity index (χ1v) is 6.85. The van der Waals surface area contributed by atoms with Crippen molar-refractivity contribution in [3.63, 3.8) is 0 Å². The Hall–Kier alpha value is -1.70. The van der Waals surface area contributed by atoms with Crippen LogP contribution in [0.2, 0.25) is 5.02 Å². The summed E-state index contributed by atoms with van der Waals surface area (Å²) in [5.74, 6) is -1.01. The third-order valence-corrected chi connectivity index (χ3v) is 4.06. The van der Waals surface area contributed by atoms with Gasteiger partial charge in [-0.3, -0.25) is 4.79 Å². The molecular weight excluding hydrogens is 280 g/mol. The van der Waals surface area contributed by atoms with Crippen molar-refractivity contribution in [3.05, 3.63) is 50.4 Å². The average Bonchev–Trinajstić information content (AvgIpc) is 2.71. The first-order chi connectivity index (χ1) is 9.02. The summed E-state index contributed by atoms with van der Waals surface area (Å²) in [6, 6.07) is 8.83. The van der Waals surface area contributed by atoms with Crippen LogP contribution in [-0.2, 0) is 0 Å². The molecule has 0 spiro atoms. The Kier molecular flexibility index (Phi) is 3.98. The van der Waals surface area contributed by atoms with Gasteiger partial charge in [0, 0.05) is 5.02 Å². The average molecular weight is 291 g/mol. The number of halogens is 1. The van der Waals surface area contributed by atoms with Gasteiger partial charge in [-0.05, 0) is 31.5 Å². The number of rotatable bonds is 3. The number of hydrogen-bond acceptors (Lipinski definition) is 4. The molecular formula is C14H11ClN2OS. The van der Waals surface area contributed by atoms with E-state index < -0.39 is 5.92 Å². The fourth-order valence-corrected chi connectivity index (χ4v) is 2.85. The van der Waals surface area contributed by atoms with Gasteiger partial charge in [0.15, 0.2) is 5.78 Å². The van der Waals surface area contributed by atoms with Crippen LogP contribution in [0.15, 0.2) is 24.3 Å². The molecule has 2 rings (SSSR count). The van der Waals surface area contributed by atoms with Gasteiger partial charge in [0.2, 0.25) is 0 Å². The number of Topliss-reactive ketones (excluding diaryl/α,β-unsaturated/α-hetero) is 1. The number of thiazole rings is 1. The highest BCUT2D eigenvalue weighted by molar-refractivity contribution is 7.13.